The lowest BCUT2D eigenvalue weighted by Crippen LogP contribution is -2.61. The van der Waals surface area contributed by atoms with E-state index in [-0.39, 0.29) is 11.3 Å². The van der Waals surface area contributed by atoms with Crippen molar-refractivity contribution >= 4 is 27.2 Å². The van der Waals surface area contributed by atoms with E-state index in [2.05, 4.69) is 24.8 Å². The van der Waals surface area contributed by atoms with Crippen LogP contribution in [0.3, 0.4) is 0 Å². The monoisotopic (exact) mass is 338 g/mol. The molecule has 4 heterocycles. The van der Waals surface area contributed by atoms with Crippen molar-refractivity contribution in [3.8, 4) is 6.07 Å². The van der Waals surface area contributed by atoms with Crippen molar-refractivity contribution in [1.29, 1.82) is 5.26 Å². The number of hydrogen-bond acceptors (Lipinski definition) is 4. The number of Topliss-reactive ketones (excluding diaryl/α,β-unsaturated/α-hetero) is 1. The minimum absolute atomic E-state index is 0.126. The van der Waals surface area contributed by atoms with Crippen LogP contribution in [0.15, 0.2) is 24.3 Å². The first-order valence-electron chi connectivity index (χ1n) is 8.71. The Labute approximate surface area is 146 Å². The molecule has 0 radical (unpaired) electrons. The highest BCUT2D eigenvalue weighted by atomic mass is 32.1. The number of benzene rings is 1. The maximum atomic E-state index is 12.9. The molecule has 2 bridgehead atoms. The molecule has 3 aliphatic heterocycles. The number of hydrogen-bond donors (Lipinski definition) is 0. The van der Waals surface area contributed by atoms with Crippen molar-refractivity contribution in [2.45, 2.75) is 38.6 Å². The lowest BCUT2D eigenvalue weighted by molar-refractivity contribution is -0.0643. The highest BCUT2D eigenvalue weighted by molar-refractivity contribution is 7.20. The minimum Gasteiger partial charge on any atom is -0.298 e. The van der Waals surface area contributed by atoms with Gasteiger partial charge in [0, 0.05) is 16.7 Å². The summed E-state index contributed by atoms with van der Waals surface area (Å²) in [6.07, 6.45) is 3.12. The van der Waals surface area contributed by atoms with Gasteiger partial charge in [-0.3, -0.25) is 9.69 Å². The van der Waals surface area contributed by atoms with Gasteiger partial charge < -0.3 is 0 Å². The van der Waals surface area contributed by atoms with Crippen LogP contribution in [0.4, 0.5) is 0 Å². The molecule has 124 valence electrons. The molecule has 0 saturated carbocycles. The fraction of sp³-hybridized carbons (Fsp3) is 0.500. The second kappa shape index (κ2) is 5.68. The van der Waals surface area contributed by atoms with Crippen molar-refractivity contribution in [2.24, 2.45) is 11.8 Å². The van der Waals surface area contributed by atoms with Crippen LogP contribution in [0.5, 0.6) is 0 Å². The number of thiophene rings is 1. The molecule has 3 fully saturated rings. The summed E-state index contributed by atoms with van der Waals surface area (Å²) < 4.78 is 1.03. The molecule has 4 heteroatoms. The maximum absolute atomic E-state index is 12.9. The quantitative estimate of drug-likeness (QED) is 0.776. The van der Waals surface area contributed by atoms with Crippen molar-refractivity contribution in [3.05, 3.63) is 34.7 Å². The summed E-state index contributed by atoms with van der Waals surface area (Å²) in [4.78, 5) is 16.3. The predicted octanol–water partition coefficient (Wildman–Crippen LogP) is 4.47. The standard InChI is InChI=1S/C20H22N2OS/c1-20(2)16(14-5-7-22(20)8-6-14)11-17(23)19-10-15-4-3-13(12-21)9-18(15)24-19/h3-4,9-10,14,16H,5-8,11H2,1-2H3/t16-/m0/s1. The fourth-order valence-corrected chi connectivity index (χ4v) is 5.70. The topological polar surface area (TPSA) is 44.1 Å². The number of piperidine rings is 3. The Balaban J connectivity index is 1.59. The van der Waals surface area contributed by atoms with E-state index < -0.39 is 0 Å². The molecule has 3 saturated heterocycles. The molecule has 0 aliphatic carbocycles. The van der Waals surface area contributed by atoms with Crippen molar-refractivity contribution in [1.82, 2.24) is 4.90 Å². The van der Waals surface area contributed by atoms with Gasteiger partial charge in [0.2, 0.25) is 0 Å². The van der Waals surface area contributed by atoms with Crippen LogP contribution in [0.1, 0.15) is 48.3 Å². The van der Waals surface area contributed by atoms with Gasteiger partial charge >= 0.3 is 0 Å². The summed E-state index contributed by atoms with van der Waals surface area (Å²) in [7, 11) is 0. The summed E-state index contributed by atoms with van der Waals surface area (Å²) in [5, 5.41) is 10.1. The number of fused-ring (bicyclic) bond motifs is 4. The third kappa shape index (κ3) is 2.47. The van der Waals surface area contributed by atoms with E-state index in [1.54, 1.807) is 0 Å². The first-order chi connectivity index (χ1) is 11.5. The molecule has 3 aliphatic rings. The molecule has 0 spiro atoms. The van der Waals surface area contributed by atoms with E-state index in [1.165, 1.54) is 37.3 Å². The van der Waals surface area contributed by atoms with Crippen LogP contribution in [-0.2, 0) is 0 Å². The molecular weight excluding hydrogens is 316 g/mol. The van der Waals surface area contributed by atoms with Crippen LogP contribution < -0.4 is 0 Å². The summed E-state index contributed by atoms with van der Waals surface area (Å²) in [5.41, 5.74) is 0.781. The lowest BCUT2D eigenvalue weighted by Gasteiger charge is -2.56. The highest BCUT2D eigenvalue weighted by Crippen LogP contribution is 2.46. The Morgan fingerprint density at radius 2 is 2.08 bits per heavy atom. The van der Waals surface area contributed by atoms with Crippen molar-refractivity contribution < 1.29 is 4.79 Å². The summed E-state index contributed by atoms with van der Waals surface area (Å²) >= 11 is 1.53. The molecule has 5 rings (SSSR count). The van der Waals surface area contributed by atoms with Gasteiger partial charge in [0.25, 0.3) is 0 Å². The zero-order chi connectivity index (χ0) is 16.9. The van der Waals surface area contributed by atoms with Crippen LogP contribution in [0, 0.1) is 23.2 Å². The molecular formula is C20H22N2OS. The van der Waals surface area contributed by atoms with Gasteiger partial charge in [0.05, 0.1) is 16.5 Å². The molecule has 0 unspecified atom stereocenters. The average molecular weight is 338 g/mol. The number of ketones is 1. The molecule has 0 amide bonds. The zero-order valence-corrected chi connectivity index (χ0v) is 15.0. The Bertz CT molecular complexity index is 837. The molecule has 1 aromatic carbocycles. The normalized spacial score (nSPS) is 28.0. The average Bonchev–Trinajstić information content (AvgIpc) is 3.01. The Hall–Kier alpha value is -1.70. The highest BCUT2D eigenvalue weighted by Gasteiger charge is 2.47. The predicted molar refractivity (Wildman–Crippen MR) is 97.4 cm³/mol. The van der Waals surface area contributed by atoms with Crippen molar-refractivity contribution in [2.75, 3.05) is 13.1 Å². The first-order valence-corrected chi connectivity index (χ1v) is 9.52. The summed E-state index contributed by atoms with van der Waals surface area (Å²) in [6, 6.07) is 9.81. The Morgan fingerprint density at radius 1 is 1.33 bits per heavy atom. The van der Waals surface area contributed by atoms with Crippen LogP contribution in [0.2, 0.25) is 0 Å². The Morgan fingerprint density at radius 3 is 2.75 bits per heavy atom. The number of nitrogens with zero attached hydrogens (tertiary/aromatic N) is 2. The van der Waals surface area contributed by atoms with Crippen LogP contribution >= 0.6 is 11.3 Å². The zero-order valence-electron chi connectivity index (χ0n) is 14.2. The van der Waals surface area contributed by atoms with E-state index in [9.17, 15) is 4.79 Å². The van der Waals surface area contributed by atoms with Crippen LogP contribution in [0.25, 0.3) is 10.1 Å². The molecule has 1 atom stereocenters. The third-order valence-corrected chi connectivity index (χ3v) is 7.30. The second-order valence-corrected chi connectivity index (χ2v) is 8.77. The molecule has 1 aromatic heterocycles. The molecule has 3 nitrogen and oxygen atoms in total. The van der Waals surface area contributed by atoms with E-state index in [1.807, 2.05) is 24.3 Å². The van der Waals surface area contributed by atoms with Crippen LogP contribution in [-0.4, -0.2) is 29.3 Å². The van der Waals surface area contributed by atoms with E-state index >= 15 is 0 Å². The summed E-state index contributed by atoms with van der Waals surface area (Å²) in [6.45, 7) is 6.98. The fourth-order valence-electron chi connectivity index (χ4n) is 4.64. The van der Waals surface area contributed by atoms with E-state index in [4.69, 9.17) is 5.26 Å². The van der Waals surface area contributed by atoms with Gasteiger partial charge in [-0.1, -0.05) is 6.07 Å². The number of rotatable bonds is 3. The summed E-state index contributed by atoms with van der Waals surface area (Å²) in [5.74, 6) is 1.41. The molecule has 2 aromatic rings. The van der Waals surface area contributed by atoms with Gasteiger partial charge in [-0.05, 0) is 75.2 Å². The van der Waals surface area contributed by atoms with Gasteiger partial charge in [-0.25, -0.2) is 0 Å². The third-order valence-electron chi connectivity index (χ3n) is 6.16. The minimum atomic E-state index is 0.126. The lowest BCUT2D eigenvalue weighted by atomic mass is 9.65. The van der Waals surface area contributed by atoms with Gasteiger partial charge in [0.1, 0.15) is 0 Å². The second-order valence-electron chi connectivity index (χ2n) is 7.69. The van der Waals surface area contributed by atoms with Gasteiger partial charge in [-0.2, -0.15) is 5.26 Å². The van der Waals surface area contributed by atoms with Crippen molar-refractivity contribution in [3.63, 3.8) is 0 Å². The first kappa shape index (κ1) is 15.8. The van der Waals surface area contributed by atoms with E-state index in [0.29, 0.717) is 23.8 Å². The van der Waals surface area contributed by atoms with Gasteiger partial charge in [-0.15, -0.1) is 11.3 Å². The SMILES string of the molecule is CC1(C)[C@@H](CC(=O)c2cc3ccc(C#N)cc3s2)C2CCN1CC2. The molecule has 0 N–H and O–H groups in total. The maximum Gasteiger partial charge on any atom is 0.173 e. The van der Waals surface area contributed by atoms with E-state index in [0.717, 1.165) is 15.0 Å². The number of nitriles is 1. The number of carbonyl (C=O) groups excluding carboxylic acids is 1. The largest absolute Gasteiger partial charge is 0.298 e. The Kier molecular flexibility index (Phi) is 3.74. The molecule has 24 heavy (non-hydrogen) atoms. The smallest absolute Gasteiger partial charge is 0.173 e. The number of carbonyl (C=O) groups is 1. The van der Waals surface area contributed by atoms with Gasteiger partial charge in [0.15, 0.2) is 5.78 Å².